The lowest BCUT2D eigenvalue weighted by Gasteiger charge is -2.32. The molecule has 12 rings (SSSR count). The van der Waals surface area contributed by atoms with Crippen molar-refractivity contribution in [1.29, 1.82) is 0 Å². The number of hydrogen-bond acceptors (Lipinski definition) is 5. The number of thiophene rings is 1. The second kappa shape index (κ2) is 9.85. The summed E-state index contributed by atoms with van der Waals surface area (Å²) in [6.07, 6.45) is 6.17. The molecule has 0 fully saturated rings. The van der Waals surface area contributed by atoms with Gasteiger partial charge in [0.15, 0.2) is 0 Å². The highest BCUT2D eigenvalue weighted by Crippen LogP contribution is 2.48. The van der Waals surface area contributed by atoms with E-state index in [2.05, 4.69) is 139 Å². The summed E-state index contributed by atoms with van der Waals surface area (Å²) in [5, 5.41) is 18.4. The molecule has 2 atom stereocenters. The predicted molar refractivity (Wildman–Crippen MR) is 206 cm³/mol. The van der Waals surface area contributed by atoms with Gasteiger partial charge in [-0.05, 0) is 42.7 Å². The van der Waals surface area contributed by atoms with Crippen LogP contribution in [0.25, 0.3) is 71.8 Å². The number of nitrogens with one attached hydrogen (secondary N) is 2. The number of benzene rings is 5. The number of rotatable bonds is 3. The minimum Gasteiger partial charge on any atom is -0.455 e. The molecule has 0 saturated carbocycles. The number of para-hydroxylation sites is 1. The minimum absolute atomic E-state index is 0.243. The largest absolute Gasteiger partial charge is 0.455 e. The van der Waals surface area contributed by atoms with Crippen LogP contribution >= 0.6 is 11.3 Å². The highest BCUT2D eigenvalue weighted by molar-refractivity contribution is 7.09. The summed E-state index contributed by atoms with van der Waals surface area (Å²) < 4.78 is 12.2. The van der Waals surface area contributed by atoms with E-state index in [9.17, 15) is 0 Å². The number of allylic oxidation sites excluding steroid dienone is 1. The molecule has 0 radical (unpaired) electrons. The normalized spacial score (nSPS) is 18.0. The minimum atomic E-state index is -0.270. The second-order valence-electron chi connectivity index (χ2n) is 13.5. The third-order valence-corrected chi connectivity index (χ3v) is 11.6. The van der Waals surface area contributed by atoms with Gasteiger partial charge in [-0.3, -0.25) is 5.32 Å². The number of nitrogens with zero attached hydrogens (tertiary/aromatic N) is 3. The number of furan rings is 1. The molecule has 0 amide bonds. The van der Waals surface area contributed by atoms with Gasteiger partial charge in [-0.25, -0.2) is 4.99 Å². The summed E-state index contributed by atoms with van der Waals surface area (Å²) in [5.41, 5.74) is 13.8. The first-order chi connectivity index (χ1) is 24.8. The fourth-order valence-corrected chi connectivity index (χ4v) is 9.59. The van der Waals surface area contributed by atoms with Crippen molar-refractivity contribution >= 4 is 88.9 Å². The summed E-state index contributed by atoms with van der Waals surface area (Å²) in [6.45, 7) is 0. The van der Waals surface area contributed by atoms with Crippen LogP contribution in [0, 0.1) is 0 Å². The Hall–Kier alpha value is -5.89. The standard InChI is InChI=1S/C43H29N5OS/c1-3-11-24(12-4-1)41-44-42(25-13-5-2-6-14-25)46-43(45-41)30-21-29-27-16-8-10-18-32(27)48-34-23-50-22-33(34)47-31-17-9-7-15-26(31)28-19-20-35-36(38(28)47)37(39(29)48)40(30)49-35/h1-9,11-17,19-23,41,43,45H,10,18H2,(H,44,46). The van der Waals surface area contributed by atoms with E-state index in [-0.39, 0.29) is 12.3 Å². The van der Waals surface area contributed by atoms with E-state index in [1.165, 1.54) is 65.8 Å². The van der Waals surface area contributed by atoms with E-state index < -0.39 is 0 Å². The molecule has 6 nitrogen and oxygen atoms in total. The Morgan fingerprint density at radius 3 is 2.40 bits per heavy atom. The lowest BCUT2D eigenvalue weighted by molar-refractivity contribution is 0.408. The smallest absolute Gasteiger partial charge is 0.144 e. The number of aryl methyl sites for hydroxylation is 1. The van der Waals surface area contributed by atoms with Gasteiger partial charge in [-0.1, -0.05) is 91.0 Å². The Balaban J connectivity index is 1.25. The fraction of sp³-hybridized carbons (Fsp3) is 0.0930. The first-order valence-corrected chi connectivity index (χ1v) is 18.2. The molecule has 2 aliphatic rings. The fourth-order valence-electron chi connectivity index (χ4n) is 8.81. The molecule has 6 heterocycles. The molecule has 0 spiro atoms. The van der Waals surface area contributed by atoms with Gasteiger partial charge in [0.05, 0.1) is 38.4 Å². The number of aromatic nitrogens is 2. The molecular formula is C43H29N5OS. The highest BCUT2D eigenvalue weighted by atomic mass is 32.1. The third-order valence-electron chi connectivity index (χ3n) is 10.9. The van der Waals surface area contributed by atoms with Crippen LogP contribution < -0.4 is 10.6 Å². The van der Waals surface area contributed by atoms with Gasteiger partial charge in [-0.2, -0.15) is 0 Å². The van der Waals surface area contributed by atoms with Crippen molar-refractivity contribution in [1.82, 2.24) is 19.4 Å². The predicted octanol–water partition coefficient (Wildman–Crippen LogP) is 10.3. The number of fused-ring (bicyclic) bond motifs is 9. The van der Waals surface area contributed by atoms with Gasteiger partial charge in [0.25, 0.3) is 0 Å². The Morgan fingerprint density at radius 2 is 1.52 bits per heavy atom. The molecule has 5 aromatic carbocycles. The topological polar surface area (TPSA) is 58.4 Å². The number of amidine groups is 1. The van der Waals surface area contributed by atoms with Crippen LogP contribution in [0.5, 0.6) is 0 Å². The van der Waals surface area contributed by atoms with Gasteiger partial charge in [0, 0.05) is 49.3 Å². The van der Waals surface area contributed by atoms with Crippen LogP contribution in [0.15, 0.2) is 129 Å². The average Bonchev–Trinajstić information content (AvgIpc) is 3.94. The SMILES string of the molecule is C1=Cc2c(n3c4cscc4n4c5ccccc5c5ccc6oc7c(C8NC(c9ccccc9)=NC(c9ccccc9)N8)cc2c3c7c6c54)CC1. The molecule has 50 heavy (non-hydrogen) atoms. The van der Waals surface area contributed by atoms with E-state index in [0.717, 1.165) is 46.5 Å². The zero-order valence-corrected chi connectivity index (χ0v) is 27.7. The Labute approximate surface area is 289 Å². The zero-order chi connectivity index (χ0) is 32.5. The Morgan fingerprint density at radius 1 is 0.740 bits per heavy atom. The molecule has 2 N–H and O–H groups in total. The summed E-state index contributed by atoms with van der Waals surface area (Å²) in [4.78, 5) is 5.21. The van der Waals surface area contributed by atoms with Crippen molar-refractivity contribution in [2.75, 3.05) is 0 Å². The molecule has 2 unspecified atom stereocenters. The maximum atomic E-state index is 7.11. The maximum absolute atomic E-state index is 7.11. The van der Waals surface area contributed by atoms with Crippen molar-refractivity contribution < 1.29 is 4.42 Å². The lowest BCUT2D eigenvalue weighted by Crippen LogP contribution is -2.45. The van der Waals surface area contributed by atoms with Crippen molar-refractivity contribution in [3.8, 4) is 0 Å². The number of hydrogen-bond donors (Lipinski definition) is 2. The van der Waals surface area contributed by atoms with Crippen molar-refractivity contribution in [2.24, 2.45) is 4.99 Å². The zero-order valence-electron chi connectivity index (χ0n) is 26.9. The average molecular weight is 664 g/mol. The van der Waals surface area contributed by atoms with E-state index in [4.69, 9.17) is 9.41 Å². The molecule has 1 aliphatic carbocycles. The molecule has 1 aliphatic heterocycles. The molecular weight excluding hydrogens is 635 g/mol. The van der Waals surface area contributed by atoms with E-state index in [1.807, 2.05) is 6.07 Å². The first kappa shape index (κ1) is 27.0. The molecule has 0 bridgehead atoms. The summed E-state index contributed by atoms with van der Waals surface area (Å²) in [6, 6.07) is 36.6. The van der Waals surface area contributed by atoms with Crippen LogP contribution in [0.2, 0.25) is 0 Å². The van der Waals surface area contributed by atoms with Crippen molar-refractivity contribution in [2.45, 2.75) is 25.2 Å². The van der Waals surface area contributed by atoms with Crippen LogP contribution in [0.4, 0.5) is 0 Å². The quantitative estimate of drug-likeness (QED) is 0.198. The molecule has 7 heteroatoms. The molecule has 0 saturated heterocycles. The monoisotopic (exact) mass is 663 g/mol. The van der Waals surface area contributed by atoms with Crippen molar-refractivity contribution in [3.05, 3.63) is 148 Å². The lowest BCUT2D eigenvalue weighted by atomic mass is 9.97. The summed E-state index contributed by atoms with van der Waals surface area (Å²) in [7, 11) is 0. The van der Waals surface area contributed by atoms with Gasteiger partial charge >= 0.3 is 0 Å². The summed E-state index contributed by atoms with van der Waals surface area (Å²) >= 11 is 1.77. The van der Waals surface area contributed by atoms with E-state index in [0.29, 0.717) is 0 Å². The van der Waals surface area contributed by atoms with Gasteiger partial charge in [-0.15, -0.1) is 11.3 Å². The van der Waals surface area contributed by atoms with Crippen LogP contribution in [-0.2, 0) is 6.42 Å². The van der Waals surface area contributed by atoms with Crippen LogP contribution in [-0.4, -0.2) is 14.6 Å². The third kappa shape index (κ3) is 3.47. The molecule has 5 aromatic heterocycles. The first-order valence-electron chi connectivity index (χ1n) is 17.2. The van der Waals surface area contributed by atoms with Crippen LogP contribution in [0.1, 0.15) is 46.7 Å². The van der Waals surface area contributed by atoms with Crippen molar-refractivity contribution in [3.63, 3.8) is 0 Å². The van der Waals surface area contributed by atoms with Gasteiger partial charge in [0.1, 0.15) is 29.3 Å². The molecule has 10 aromatic rings. The van der Waals surface area contributed by atoms with E-state index in [1.54, 1.807) is 11.3 Å². The van der Waals surface area contributed by atoms with Gasteiger partial charge < -0.3 is 18.5 Å². The van der Waals surface area contributed by atoms with Crippen LogP contribution in [0.3, 0.4) is 0 Å². The second-order valence-corrected chi connectivity index (χ2v) is 14.3. The number of aliphatic imine (C=N–C) groups is 1. The van der Waals surface area contributed by atoms with Gasteiger partial charge in [0.2, 0.25) is 0 Å². The highest BCUT2D eigenvalue weighted by Gasteiger charge is 2.32. The Kier molecular flexibility index (Phi) is 5.32. The summed E-state index contributed by atoms with van der Waals surface area (Å²) in [5.74, 6) is 0.860. The van der Waals surface area contributed by atoms with E-state index >= 15 is 0 Å². The maximum Gasteiger partial charge on any atom is 0.144 e. The Bertz CT molecular complexity index is 3050. The molecule has 238 valence electrons.